The van der Waals surface area contributed by atoms with Crippen molar-refractivity contribution in [2.24, 2.45) is 0 Å². The molecule has 0 aliphatic carbocycles. The molecule has 0 fully saturated rings. The maximum absolute atomic E-state index is 12.6. The molecule has 5 heteroatoms. The number of rotatable bonds is 3. The quantitative estimate of drug-likeness (QED) is 0.584. The Morgan fingerprint density at radius 2 is 1.44 bits per heavy atom. The van der Waals surface area contributed by atoms with Crippen molar-refractivity contribution in [2.45, 2.75) is 20.8 Å². The zero-order valence-corrected chi connectivity index (χ0v) is 15.5. The van der Waals surface area contributed by atoms with Gasteiger partial charge in [0, 0.05) is 11.3 Å². The van der Waals surface area contributed by atoms with Gasteiger partial charge < -0.3 is 5.32 Å². The highest BCUT2D eigenvalue weighted by Gasteiger charge is 2.10. The van der Waals surface area contributed by atoms with E-state index in [1.165, 1.54) is 5.56 Å². The summed E-state index contributed by atoms with van der Waals surface area (Å²) in [6.07, 6.45) is 0. The summed E-state index contributed by atoms with van der Waals surface area (Å²) < 4.78 is 0. The summed E-state index contributed by atoms with van der Waals surface area (Å²) >= 11 is 0. The summed E-state index contributed by atoms with van der Waals surface area (Å²) in [7, 11) is 0. The van der Waals surface area contributed by atoms with Crippen molar-refractivity contribution in [3.05, 3.63) is 82.9 Å². The third kappa shape index (κ3) is 3.58. The van der Waals surface area contributed by atoms with Crippen molar-refractivity contribution in [2.75, 3.05) is 5.32 Å². The van der Waals surface area contributed by atoms with E-state index in [4.69, 9.17) is 0 Å². The van der Waals surface area contributed by atoms with Crippen LogP contribution in [0.25, 0.3) is 16.7 Å². The fraction of sp³-hybridized carbons (Fsp3) is 0.136. The van der Waals surface area contributed by atoms with Crippen LogP contribution in [0, 0.1) is 20.8 Å². The fourth-order valence-corrected chi connectivity index (χ4v) is 3.09. The molecule has 5 nitrogen and oxygen atoms in total. The molecule has 0 radical (unpaired) electrons. The molecule has 27 heavy (non-hydrogen) atoms. The van der Waals surface area contributed by atoms with E-state index in [1.807, 2.05) is 81.4 Å². The molecule has 1 aromatic heterocycles. The molecule has 0 atom stereocenters. The molecule has 0 unspecified atom stereocenters. The Morgan fingerprint density at radius 1 is 0.778 bits per heavy atom. The molecule has 0 saturated heterocycles. The second-order valence-electron chi connectivity index (χ2n) is 6.86. The van der Waals surface area contributed by atoms with E-state index in [2.05, 4.69) is 15.5 Å². The van der Waals surface area contributed by atoms with E-state index in [0.29, 0.717) is 11.3 Å². The number of carbonyl (C=O) groups is 1. The summed E-state index contributed by atoms with van der Waals surface area (Å²) in [5.41, 5.74) is 7.07. The number of hydrogen-bond acceptors (Lipinski definition) is 3. The Balaban J connectivity index is 1.61. The molecule has 0 spiro atoms. The number of aromatic nitrogens is 3. The number of anilines is 1. The van der Waals surface area contributed by atoms with E-state index in [9.17, 15) is 4.79 Å². The number of hydrogen-bond donors (Lipinski definition) is 1. The Morgan fingerprint density at radius 3 is 2.15 bits per heavy atom. The maximum Gasteiger partial charge on any atom is 0.255 e. The van der Waals surface area contributed by atoms with Gasteiger partial charge in [0.2, 0.25) is 0 Å². The molecular weight excluding hydrogens is 336 g/mol. The van der Waals surface area contributed by atoms with Crippen LogP contribution in [0.5, 0.6) is 0 Å². The Labute approximate surface area is 157 Å². The molecule has 0 aliphatic heterocycles. The molecule has 134 valence electrons. The Kier molecular flexibility index (Phi) is 4.20. The van der Waals surface area contributed by atoms with Crippen LogP contribution in [0.15, 0.2) is 60.7 Å². The highest BCUT2D eigenvalue weighted by Crippen LogP contribution is 2.19. The van der Waals surface area contributed by atoms with Crippen LogP contribution in [-0.2, 0) is 0 Å². The lowest BCUT2D eigenvalue weighted by Gasteiger charge is -2.07. The number of fused-ring (bicyclic) bond motifs is 1. The topological polar surface area (TPSA) is 59.8 Å². The van der Waals surface area contributed by atoms with Gasteiger partial charge in [0.25, 0.3) is 5.91 Å². The summed E-state index contributed by atoms with van der Waals surface area (Å²) in [6, 6.07) is 19.4. The lowest BCUT2D eigenvalue weighted by Crippen LogP contribution is -2.12. The number of aryl methyl sites for hydroxylation is 3. The summed E-state index contributed by atoms with van der Waals surface area (Å²) in [6.45, 7) is 6.01. The minimum Gasteiger partial charge on any atom is -0.322 e. The van der Waals surface area contributed by atoms with Crippen LogP contribution in [0.3, 0.4) is 0 Å². The van der Waals surface area contributed by atoms with Crippen LogP contribution in [-0.4, -0.2) is 20.9 Å². The van der Waals surface area contributed by atoms with Crippen LogP contribution in [0.2, 0.25) is 0 Å². The van der Waals surface area contributed by atoms with E-state index in [1.54, 1.807) is 4.80 Å². The van der Waals surface area contributed by atoms with Crippen LogP contribution in [0.1, 0.15) is 27.0 Å². The summed E-state index contributed by atoms with van der Waals surface area (Å²) in [4.78, 5) is 14.2. The van der Waals surface area contributed by atoms with Crippen molar-refractivity contribution in [1.82, 2.24) is 15.0 Å². The van der Waals surface area contributed by atoms with Gasteiger partial charge in [0.15, 0.2) is 0 Å². The van der Waals surface area contributed by atoms with Crippen LogP contribution < -0.4 is 5.32 Å². The summed E-state index contributed by atoms with van der Waals surface area (Å²) in [5.74, 6) is -0.132. The lowest BCUT2D eigenvalue weighted by atomic mass is 10.1. The second-order valence-corrected chi connectivity index (χ2v) is 6.86. The first-order chi connectivity index (χ1) is 13.0. The van der Waals surface area contributed by atoms with Crippen molar-refractivity contribution in [1.29, 1.82) is 0 Å². The van der Waals surface area contributed by atoms with Gasteiger partial charge in [0.1, 0.15) is 11.0 Å². The third-order valence-electron chi connectivity index (χ3n) is 4.39. The van der Waals surface area contributed by atoms with Gasteiger partial charge in [-0.3, -0.25) is 4.79 Å². The first kappa shape index (κ1) is 17.0. The van der Waals surface area contributed by atoms with Gasteiger partial charge in [-0.05, 0) is 63.2 Å². The highest BCUT2D eigenvalue weighted by molar-refractivity contribution is 6.05. The first-order valence-corrected chi connectivity index (χ1v) is 8.82. The average Bonchev–Trinajstić information content (AvgIpc) is 3.04. The normalized spacial score (nSPS) is 10.9. The molecule has 0 saturated carbocycles. The SMILES string of the molecule is Cc1ccc(-n2nc3ccc(NC(=O)c4cc(C)cc(C)c4)cc3n2)cc1. The monoisotopic (exact) mass is 356 g/mol. The standard InChI is InChI=1S/C22H20N4O/c1-14-4-7-19(8-5-14)26-24-20-9-6-18(13-21(20)25-26)23-22(27)17-11-15(2)10-16(3)12-17/h4-13H,1-3H3,(H,23,27). The molecule has 0 bridgehead atoms. The fourth-order valence-electron chi connectivity index (χ4n) is 3.09. The molecular formula is C22H20N4O. The molecule has 4 aromatic rings. The molecule has 3 aromatic carbocycles. The Hall–Kier alpha value is -3.47. The maximum atomic E-state index is 12.6. The van der Waals surface area contributed by atoms with Crippen molar-refractivity contribution >= 4 is 22.6 Å². The highest BCUT2D eigenvalue weighted by atomic mass is 16.1. The van der Waals surface area contributed by atoms with Gasteiger partial charge in [-0.15, -0.1) is 10.2 Å². The van der Waals surface area contributed by atoms with E-state index in [0.717, 1.165) is 27.8 Å². The van der Waals surface area contributed by atoms with Crippen molar-refractivity contribution in [3.63, 3.8) is 0 Å². The minimum absolute atomic E-state index is 0.132. The number of benzene rings is 3. The third-order valence-corrected chi connectivity index (χ3v) is 4.39. The number of nitrogens with one attached hydrogen (secondary N) is 1. The van der Waals surface area contributed by atoms with Crippen LogP contribution in [0.4, 0.5) is 5.69 Å². The predicted molar refractivity (Wildman–Crippen MR) is 107 cm³/mol. The van der Waals surface area contributed by atoms with E-state index in [-0.39, 0.29) is 5.91 Å². The van der Waals surface area contributed by atoms with E-state index < -0.39 is 0 Å². The Bertz CT molecular complexity index is 1120. The zero-order valence-electron chi connectivity index (χ0n) is 15.5. The van der Waals surface area contributed by atoms with Gasteiger partial charge in [-0.25, -0.2) is 0 Å². The first-order valence-electron chi connectivity index (χ1n) is 8.82. The molecule has 1 amide bonds. The smallest absolute Gasteiger partial charge is 0.255 e. The van der Waals surface area contributed by atoms with Gasteiger partial charge in [-0.1, -0.05) is 34.9 Å². The molecule has 1 heterocycles. The van der Waals surface area contributed by atoms with Crippen molar-refractivity contribution in [3.8, 4) is 5.69 Å². The van der Waals surface area contributed by atoms with Gasteiger partial charge in [0.05, 0.1) is 5.69 Å². The summed E-state index contributed by atoms with van der Waals surface area (Å²) in [5, 5.41) is 12.0. The van der Waals surface area contributed by atoms with Gasteiger partial charge >= 0.3 is 0 Å². The number of amides is 1. The minimum atomic E-state index is -0.132. The van der Waals surface area contributed by atoms with Crippen LogP contribution >= 0.6 is 0 Å². The molecule has 0 aliphatic rings. The van der Waals surface area contributed by atoms with E-state index >= 15 is 0 Å². The molecule has 4 rings (SSSR count). The number of carbonyl (C=O) groups excluding carboxylic acids is 1. The van der Waals surface area contributed by atoms with Crippen molar-refractivity contribution < 1.29 is 4.79 Å². The zero-order chi connectivity index (χ0) is 19.0. The number of nitrogens with zero attached hydrogens (tertiary/aromatic N) is 3. The molecule has 1 N–H and O–H groups in total. The predicted octanol–water partition coefficient (Wildman–Crippen LogP) is 4.60. The van der Waals surface area contributed by atoms with Gasteiger partial charge in [-0.2, -0.15) is 4.80 Å². The average molecular weight is 356 g/mol. The second kappa shape index (κ2) is 6.68. The largest absolute Gasteiger partial charge is 0.322 e. The lowest BCUT2D eigenvalue weighted by molar-refractivity contribution is 0.102.